The molecule has 1 aliphatic heterocycles. The van der Waals surface area contributed by atoms with Crippen LogP contribution in [0.4, 0.5) is 0 Å². The molecule has 5 nitrogen and oxygen atoms in total. The standard InChI is InChI=1S/C13H23NO4/c1-18-13(17)9-12(16)14-7-4-6-11(10-14)5-2-3-8-15/h11,15H,2-10H2,1H3. The summed E-state index contributed by atoms with van der Waals surface area (Å²) < 4.78 is 4.50. The number of esters is 1. The molecule has 0 saturated carbocycles. The van der Waals surface area contributed by atoms with Crippen molar-refractivity contribution in [1.29, 1.82) is 0 Å². The van der Waals surface area contributed by atoms with Gasteiger partial charge in [0, 0.05) is 19.7 Å². The van der Waals surface area contributed by atoms with Crippen molar-refractivity contribution in [1.82, 2.24) is 4.90 Å². The van der Waals surface area contributed by atoms with Gasteiger partial charge in [0.2, 0.25) is 5.91 Å². The molecular formula is C13H23NO4. The molecule has 1 aliphatic rings. The van der Waals surface area contributed by atoms with Gasteiger partial charge in [0.15, 0.2) is 0 Å². The Labute approximate surface area is 108 Å². The van der Waals surface area contributed by atoms with Crippen LogP contribution in [0.15, 0.2) is 0 Å². The van der Waals surface area contributed by atoms with Gasteiger partial charge < -0.3 is 14.7 Å². The molecule has 0 radical (unpaired) electrons. The minimum absolute atomic E-state index is 0.131. The van der Waals surface area contributed by atoms with Gasteiger partial charge >= 0.3 is 5.97 Å². The summed E-state index contributed by atoms with van der Waals surface area (Å²) in [6.07, 6.45) is 4.85. The molecule has 0 aliphatic carbocycles. The van der Waals surface area contributed by atoms with Crippen LogP contribution in [-0.4, -0.2) is 48.7 Å². The monoisotopic (exact) mass is 257 g/mol. The maximum Gasteiger partial charge on any atom is 0.315 e. The van der Waals surface area contributed by atoms with Crippen molar-refractivity contribution in [3.8, 4) is 0 Å². The molecule has 0 aromatic rings. The van der Waals surface area contributed by atoms with Gasteiger partial charge in [-0.15, -0.1) is 0 Å². The molecule has 1 rings (SSSR count). The first-order valence-corrected chi connectivity index (χ1v) is 6.62. The largest absolute Gasteiger partial charge is 0.469 e. The quantitative estimate of drug-likeness (QED) is 0.437. The van der Waals surface area contributed by atoms with Crippen LogP contribution < -0.4 is 0 Å². The highest BCUT2D eigenvalue weighted by molar-refractivity contribution is 5.94. The van der Waals surface area contributed by atoms with E-state index in [1.54, 1.807) is 4.90 Å². The van der Waals surface area contributed by atoms with Crippen LogP contribution in [0.1, 0.15) is 38.5 Å². The summed E-state index contributed by atoms with van der Waals surface area (Å²) in [5.74, 6) is -0.0944. The van der Waals surface area contributed by atoms with E-state index in [9.17, 15) is 9.59 Å². The molecule has 0 spiro atoms. The van der Waals surface area contributed by atoms with Gasteiger partial charge in [0.1, 0.15) is 6.42 Å². The number of carbonyl (C=O) groups is 2. The number of aliphatic hydroxyl groups excluding tert-OH is 1. The normalized spacial score (nSPS) is 19.7. The summed E-state index contributed by atoms with van der Waals surface area (Å²) >= 11 is 0. The first kappa shape index (κ1) is 15.0. The molecule has 104 valence electrons. The number of piperidine rings is 1. The zero-order valence-electron chi connectivity index (χ0n) is 11.1. The summed E-state index contributed by atoms with van der Waals surface area (Å²) in [4.78, 5) is 24.7. The molecule has 1 N–H and O–H groups in total. The Bertz CT molecular complexity index is 280. The van der Waals surface area contributed by atoms with E-state index in [0.717, 1.165) is 45.2 Å². The minimum Gasteiger partial charge on any atom is -0.469 e. The fourth-order valence-electron chi connectivity index (χ4n) is 2.38. The van der Waals surface area contributed by atoms with Gasteiger partial charge in [-0.2, -0.15) is 0 Å². The van der Waals surface area contributed by atoms with E-state index in [-0.39, 0.29) is 18.9 Å². The predicted octanol–water partition coefficient (Wildman–Crippen LogP) is 0.951. The second-order valence-electron chi connectivity index (χ2n) is 4.82. The van der Waals surface area contributed by atoms with Crippen LogP contribution in [0.2, 0.25) is 0 Å². The SMILES string of the molecule is COC(=O)CC(=O)N1CCCC(CCCCO)C1. The lowest BCUT2D eigenvalue weighted by atomic mass is 9.92. The Morgan fingerprint density at radius 1 is 1.39 bits per heavy atom. The van der Waals surface area contributed by atoms with Gasteiger partial charge in [-0.05, 0) is 31.6 Å². The van der Waals surface area contributed by atoms with Gasteiger partial charge in [-0.1, -0.05) is 6.42 Å². The smallest absolute Gasteiger partial charge is 0.315 e. The Balaban J connectivity index is 2.33. The van der Waals surface area contributed by atoms with Crippen LogP contribution in [0.3, 0.4) is 0 Å². The van der Waals surface area contributed by atoms with Gasteiger partial charge in [-0.3, -0.25) is 9.59 Å². The van der Waals surface area contributed by atoms with Crippen LogP contribution >= 0.6 is 0 Å². The molecule has 1 heterocycles. The van der Waals surface area contributed by atoms with Crippen molar-refractivity contribution >= 4 is 11.9 Å². The number of hydrogen-bond acceptors (Lipinski definition) is 4. The van der Waals surface area contributed by atoms with Crippen molar-refractivity contribution in [2.75, 3.05) is 26.8 Å². The summed E-state index contributed by atoms with van der Waals surface area (Å²) in [5, 5.41) is 8.75. The first-order chi connectivity index (χ1) is 8.67. The van der Waals surface area contributed by atoms with Crippen molar-refractivity contribution in [2.24, 2.45) is 5.92 Å². The Morgan fingerprint density at radius 2 is 2.17 bits per heavy atom. The fourth-order valence-corrected chi connectivity index (χ4v) is 2.38. The zero-order chi connectivity index (χ0) is 13.4. The Morgan fingerprint density at radius 3 is 2.83 bits per heavy atom. The average Bonchev–Trinajstić information content (AvgIpc) is 2.39. The van der Waals surface area contributed by atoms with E-state index >= 15 is 0 Å². The van der Waals surface area contributed by atoms with Crippen molar-refractivity contribution in [2.45, 2.75) is 38.5 Å². The number of rotatable bonds is 6. The van der Waals surface area contributed by atoms with Gasteiger partial charge in [0.25, 0.3) is 0 Å². The maximum absolute atomic E-state index is 11.8. The number of methoxy groups -OCH3 is 1. The lowest BCUT2D eigenvalue weighted by Gasteiger charge is -2.32. The molecule has 5 heteroatoms. The second-order valence-corrected chi connectivity index (χ2v) is 4.82. The Kier molecular flexibility index (Phi) is 6.72. The van der Waals surface area contributed by atoms with Crippen molar-refractivity contribution in [3.63, 3.8) is 0 Å². The van der Waals surface area contributed by atoms with Crippen molar-refractivity contribution in [3.05, 3.63) is 0 Å². The van der Waals surface area contributed by atoms with E-state index in [0.29, 0.717) is 5.92 Å². The third-order valence-electron chi connectivity index (χ3n) is 3.42. The fraction of sp³-hybridized carbons (Fsp3) is 0.846. The number of amides is 1. The average molecular weight is 257 g/mol. The summed E-state index contributed by atoms with van der Waals surface area (Å²) in [6, 6.07) is 0. The maximum atomic E-state index is 11.8. The van der Waals surface area contributed by atoms with Gasteiger partial charge in [-0.25, -0.2) is 0 Å². The molecule has 0 bridgehead atoms. The van der Waals surface area contributed by atoms with Crippen LogP contribution in [0.25, 0.3) is 0 Å². The molecule has 18 heavy (non-hydrogen) atoms. The number of likely N-dealkylation sites (tertiary alicyclic amines) is 1. The number of nitrogens with zero attached hydrogens (tertiary/aromatic N) is 1. The number of unbranched alkanes of at least 4 members (excludes halogenated alkanes) is 1. The van der Waals surface area contributed by atoms with Crippen LogP contribution in [0, 0.1) is 5.92 Å². The number of aliphatic hydroxyl groups is 1. The summed E-state index contributed by atoms with van der Waals surface area (Å²) in [6.45, 7) is 1.71. The molecule has 1 fully saturated rings. The highest BCUT2D eigenvalue weighted by Gasteiger charge is 2.24. The molecule has 1 atom stereocenters. The first-order valence-electron chi connectivity index (χ1n) is 6.62. The number of carbonyl (C=O) groups excluding carboxylic acids is 2. The lowest BCUT2D eigenvalue weighted by molar-refractivity contribution is -0.147. The molecular weight excluding hydrogens is 234 g/mol. The predicted molar refractivity (Wildman–Crippen MR) is 66.9 cm³/mol. The van der Waals surface area contributed by atoms with E-state index in [4.69, 9.17) is 5.11 Å². The van der Waals surface area contributed by atoms with E-state index in [2.05, 4.69) is 4.74 Å². The minimum atomic E-state index is -0.470. The second kappa shape index (κ2) is 8.08. The molecule has 1 saturated heterocycles. The van der Waals surface area contributed by atoms with E-state index in [1.165, 1.54) is 7.11 Å². The van der Waals surface area contributed by atoms with Gasteiger partial charge in [0.05, 0.1) is 7.11 Å². The third-order valence-corrected chi connectivity index (χ3v) is 3.42. The van der Waals surface area contributed by atoms with Crippen LogP contribution in [-0.2, 0) is 14.3 Å². The van der Waals surface area contributed by atoms with Crippen molar-refractivity contribution < 1.29 is 19.4 Å². The molecule has 0 aromatic carbocycles. The third kappa shape index (κ3) is 5.04. The van der Waals surface area contributed by atoms with Crippen LogP contribution in [0.5, 0.6) is 0 Å². The number of ether oxygens (including phenoxy) is 1. The molecule has 0 aromatic heterocycles. The summed E-state index contributed by atoms with van der Waals surface area (Å²) in [7, 11) is 1.30. The topological polar surface area (TPSA) is 66.8 Å². The summed E-state index contributed by atoms with van der Waals surface area (Å²) in [5.41, 5.74) is 0. The highest BCUT2D eigenvalue weighted by atomic mass is 16.5. The van der Waals surface area contributed by atoms with E-state index in [1.807, 2.05) is 0 Å². The molecule has 1 unspecified atom stereocenters. The van der Waals surface area contributed by atoms with E-state index < -0.39 is 5.97 Å². The lowest BCUT2D eigenvalue weighted by Crippen LogP contribution is -2.40. The zero-order valence-corrected chi connectivity index (χ0v) is 11.1. The number of hydrogen-bond donors (Lipinski definition) is 1. The molecule has 1 amide bonds. The highest BCUT2D eigenvalue weighted by Crippen LogP contribution is 2.22. The Hall–Kier alpha value is -1.10.